The van der Waals surface area contributed by atoms with Crippen LogP contribution in [0.4, 0.5) is 0 Å². The number of benzene rings is 2. The van der Waals surface area contributed by atoms with E-state index in [1.54, 1.807) is 0 Å². The first kappa shape index (κ1) is 17.1. The molecule has 1 heterocycles. The normalized spacial score (nSPS) is 18.2. The number of hydrogen-bond donors (Lipinski definition) is 0. The first-order chi connectivity index (χ1) is 11.4. The van der Waals surface area contributed by atoms with Crippen LogP contribution in [0.3, 0.4) is 0 Å². The first-order valence-corrected chi connectivity index (χ1v) is 9.55. The molecule has 0 N–H and O–H groups in total. The standard InChI is InChI=1S/C18H15ClO4S/c1-14-12-17(15-8-4-2-5-9-15)24(23-19(20,21)22)18(13-14)16-10-6-3-7-11-16/h2-13H,1H3. The van der Waals surface area contributed by atoms with E-state index in [0.29, 0.717) is 9.77 Å². The highest BCUT2D eigenvalue weighted by atomic mass is 35.7. The molecule has 0 spiro atoms. The molecule has 0 saturated carbocycles. The lowest BCUT2D eigenvalue weighted by atomic mass is 10.1. The van der Waals surface area contributed by atoms with Crippen molar-refractivity contribution < 1.29 is 28.0 Å². The summed E-state index contributed by atoms with van der Waals surface area (Å²) in [6, 6.07) is 18.6. The van der Waals surface area contributed by atoms with Crippen LogP contribution in [0.1, 0.15) is 18.1 Å². The predicted octanol–water partition coefficient (Wildman–Crippen LogP) is 1.31. The van der Waals surface area contributed by atoms with Gasteiger partial charge in [0.1, 0.15) is 14.5 Å². The van der Waals surface area contributed by atoms with Crippen molar-refractivity contribution in [3.63, 3.8) is 0 Å². The molecular formula is C18H15ClO4S. The van der Waals surface area contributed by atoms with Crippen LogP contribution in [0.15, 0.2) is 78.4 Å². The molecule has 1 aliphatic heterocycles. The minimum atomic E-state index is -4.56. The second-order valence-electron chi connectivity index (χ2n) is 5.20. The van der Waals surface area contributed by atoms with E-state index in [0.717, 1.165) is 16.7 Å². The molecule has 0 radical (unpaired) electrons. The zero-order valence-corrected chi connectivity index (χ0v) is 14.4. The van der Waals surface area contributed by atoms with E-state index in [-0.39, 0.29) is 0 Å². The van der Waals surface area contributed by atoms with Crippen LogP contribution >= 0.6 is 10.8 Å². The van der Waals surface area contributed by atoms with Gasteiger partial charge in [-0.2, -0.15) is 14.0 Å². The van der Waals surface area contributed by atoms with Crippen molar-refractivity contribution in [2.24, 2.45) is 0 Å². The highest BCUT2D eigenvalue weighted by Crippen LogP contribution is 2.43. The summed E-state index contributed by atoms with van der Waals surface area (Å²) in [5.74, 6) is 0. The van der Waals surface area contributed by atoms with Gasteiger partial charge in [0.25, 0.3) is 0 Å². The fourth-order valence-electron chi connectivity index (χ4n) is 2.41. The summed E-state index contributed by atoms with van der Waals surface area (Å²) in [5.41, 5.74) is 2.60. The molecule has 2 aromatic rings. The number of rotatable bonds is 4. The fourth-order valence-corrected chi connectivity index (χ4v) is 5.09. The Morgan fingerprint density at radius 2 is 1.33 bits per heavy atom. The molecule has 0 amide bonds. The molecule has 1 aliphatic rings. The Labute approximate surface area is 145 Å². The largest absolute Gasteiger partial charge is 0.182 e. The fraction of sp³-hybridized carbons (Fsp3) is 0.0556. The third-order valence-electron chi connectivity index (χ3n) is 3.37. The molecule has 0 aromatic heterocycles. The van der Waals surface area contributed by atoms with Gasteiger partial charge in [-0.1, -0.05) is 60.7 Å². The van der Waals surface area contributed by atoms with Gasteiger partial charge in [-0.3, -0.25) is 0 Å². The Hall–Kier alpha value is -1.73. The van der Waals surface area contributed by atoms with Crippen molar-refractivity contribution in [1.82, 2.24) is 0 Å². The van der Waals surface area contributed by atoms with E-state index in [1.165, 1.54) is 0 Å². The van der Waals surface area contributed by atoms with Gasteiger partial charge in [0.15, 0.2) is 0 Å². The molecule has 124 valence electrons. The second-order valence-corrected chi connectivity index (χ2v) is 7.88. The predicted molar refractivity (Wildman–Crippen MR) is 87.4 cm³/mol. The molecule has 6 heteroatoms. The number of hydrogen-bond acceptors (Lipinski definition) is 4. The lowest BCUT2D eigenvalue weighted by molar-refractivity contribution is -1.91. The molecule has 1 atom stereocenters. The van der Waals surface area contributed by atoms with Gasteiger partial charge >= 0.3 is 0 Å². The Morgan fingerprint density at radius 3 is 1.88 bits per heavy atom. The average Bonchev–Trinajstić information content (AvgIpc) is 2.56. The monoisotopic (exact) mass is 362 g/mol. The number of halogens is 1. The van der Waals surface area contributed by atoms with Crippen molar-refractivity contribution in [3.05, 3.63) is 89.5 Å². The van der Waals surface area contributed by atoms with Crippen molar-refractivity contribution in [1.29, 1.82) is 0 Å². The summed E-state index contributed by atoms with van der Waals surface area (Å²) in [6.45, 7) is 1.93. The minimum Gasteiger partial charge on any atom is -0.182 e. The van der Waals surface area contributed by atoms with E-state index >= 15 is 0 Å². The van der Waals surface area contributed by atoms with Crippen molar-refractivity contribution in [2.45, 2.75) is 6.92 Å². The Bertz CT molecular complexity index is 821. The average molecular weight is 363 g/mol. The lowest BCUT2D eigenvalue weighted by Crippen LogP contribution is -2.60. The second kappa shape index (κ2) is 7.03. The topological polar surface area (TPSA) is 78.4 Å². The third kappa shape index (κ3) is 4.02. The van der Waals surface area contributed by atoms with Gasteiger partial charge in [-0.15, -0.1) is 0 Å². The van der Waals surface area contributed by atoms with Crippen molar-refractivity contribution in [3.8, 4) is 0 Å². The molecule has 3 rings (SSSR count). The summed E-state index contributed by atoms with van der Waals surface area (Å²) >= 11 is 0. The van der Waals surface area contributed by atoms with E-state index < -0.39 is 21.0 Å². The maximum Gasteiger partial charge on any atom is 0.148 e. The SMILES string of the molecule is CC1=CC(c2ccccc2)=S(O[Cl+3]([O-])([O-])[O-])C(c2ccccc2)=C1. The van der Waals surface area contributed by atoms with E-state index in [9.17, 15) is 14.0 Å². The molecule has 0 saturated heterocycles. The van der Waals surface area contributed by atoms with Crippen molar-refractivity contribution >= 4 is 20.5 Å². The van der Waals surface area contributed by atoms with Gasteiger partial charge < -0.3 is 0 Å². The lowest BCUT2D eigenvalue weighted by Gasteiger charge is -2.21. The zero-order valence-electron chi connectivity index (χ0n) is 12.8. The summed E-state index contributed by atoms with van der Waals surface area (Å²) in [5, 5.41) is 0. The molecular weight excluding hydrogens is 348 g/mol. The smallest absolute Gasteiger partial charge is 0.148 e. The summed E-state index contributed by atoms with van der Waals surface area (Å²) < 4.78 is 38.8. The van der Waals surface area contributed by atoms with Gasteiger partial charge in [0.2, 0.25) is 0 Å². The van der Waals surface area contributed by atoms with E-state index in [2.05, 4.69) is 0 Å². The highest BCUT2D eigenvalue weighted by Gasteiger charge is 2.30. The van der Waals surface area contributed by atoms with E-state index in [1.807, 2.05) is 79.7 Å². The van der Waals surface area contributed by atoms with Crippen LogP contribution < -0.4 is 14.0 Å². The maximum atomic E-state index is 11.3. The van der Waals surface area contributed by atoms with Crippen molar-refractivity contribution in [2.75, 3.05) is 0 Å². The van der Waals surface area contributed by atoms with Crippen LogP contribution in [-0.2, 0) is 3.74 Å². The van der Waals surface area contributed by atoms with Crippen LogP contribution in [-0.4, -0.2) is 4.86 Å². The van der Waals surface area contributed by atoms with Crippen LogP contribution in [0.25, 0.3) is 4.91 Å². The maximum absolute atomic E-state index is 11.3. The zero-order chi connectivity index (χ0) is 17.2. The minimum absolute atomic E-state index is 0.668. The molecule has 0 fully saturated rings. The summed E-state index contributed by atoms with van der Waals surface area (Å²) in [6.07, 6.45) is 3.71. The molecule has 24 heavy (non-hydrogen) atoms. The van der Waals surface area contributed by atoms with Crippen LogP contribution in [0, 0.1) is 10.2 Å². The molecule has 2 aromatic carbocycles. The molecule has 0 aliphatic carbocycles. The molecule has 1 unspecified atom stereocenters. The van der Waals surface area contributed by atoms with Gasteiger partial charge in [-0.05, 0) is 35.8 Å². The Morgan fingerprint density at radius 1 is 0.792 bits per heavy atom. The van der Waals surface area contributed by atoms with Gasteiger partial charge in [0, 0.05) is 0 Å². The highest BCUT2D eigenvalue weighted by molar-refractivity contribution is 8.20. The quantitative estimate of drug-likeness (QED) is 0.768. The number of allylic oxidation sites excluding steroid dienone is 3. The Kier molecular flexibility index (Phi) is 5.01. The van der Waals surface area contributed by atoms with Gasteiger partial charge in [-0.25, -0.2) is 0 Å². The van der Waals surface area contributed by atoms with E-state index in [4.69, 9.17) is 3.74 Å². The van der Waals surface area contributed by atoms with Crippen LogP contribution in [0.2, 0.25) is 0 Å². The summed E-state index contributed by atoms with van der Waals surface area (Å²) in [7, 11) is -5.88. The first-order valence-electron chi connectivity index (χ1n) is 7.17. The van der Waals surface area contributed by atoms with Crippen LogP contribution in [0.5, 0.6) is 0 Å². The molecule has 4 nitrogen and oxygen atoms in total. The van der Waals surface area contributed by atoms with Gasteiger partial charge in [0.05, 0.1) is 20.0 Å². The Balaban J connectivity index is 2.21. The molecule has 0 bridgehead atoms. The third-order valence-corrected chi connectivity index (χ3v) is 6.00. The summed E-state index contributed by atoms with van der Waals surface area (Å²) in [4.78, 5) is 1.34.